The Kier molecular flexibility index (Phi) is 5.31. The zero-order valence-corrected chi connectivity index (χ0v) is 14.1. The van der Waals surface area contributed by atoms with Crippen LogP contribution in [-0.2, 0) is 13.6 Å². The van der Waals surface area contributed by atoms with Crippen molar-refractivity contribution in [3.05, 3.63) is 35.5 Å². The van der Waals surface area contributed by atoms with Crippen LogP contribution in [0.1, 0.15) is 25.1 Å². The van der Waals surface area contributed by atoms with E-state index in [1.54, 1.807) is 18.9 Å². The van der Waals surface area contributed by atoms with Crippen molar-refractivity contribution in [3.8, 4) is 5.75 Å². The molecule has 4 nitrogen and oxygen atoms in total. The Labute approximate surface area is 130 Å². The van der Waals surface area contributed by atoms with Crippen molar-refractivity contribution in [1.29, 1.82) is 0 Å². The Morgan fingerprint density at radius 3 is 2.81 bits per heavy atom. The molecule has 2 aromatic rings. The van der Waals surface area contributed by atoms with Crippen LogP contribution >= 0.6 is 11.8 Å². The minimum atomic E-state index is 0.458. The molecule has 0 saturated heterocycles. The summed E-state index contributed by atoms with van der Waals surface area (Å²) in [5.74, 6) is 0.876. The topological polar surface area (TPSA) is 39.1 Å². The van der Waals surface area contributed by atoms with Crippen LogP contribution in [0.3, 0.4) is 0 Å². The zero-order valence-electron chi connectivity index (χ0n) is 13.3. The van der Waals surface area contributed by atoms with Crippen molar-refractivity contribution in [1.82, 2.24) is 15.1 Å². The van der Waals surface area contributed by atoms with E-state index in [1.807, 2.05) is 29.9 Å². The largest absolute Gasteiger partial charge is 0.497 e. The molecular formula is C16H23N3OS. The third-order valence-corrected chi connectivity index (χ3v) is 4.43. The van der Waals surface area contributed by atoms with Gasteiger partial charge >= 0.3 is 0 Å². The molecule has 0 bridgehead atoms. The molecule has 0 aliphatic rings. The van der Waals surface area contributed by atoms with Crippen molar-refractivity contribution in [2.75, 3.05) is 7.11 Å². The number of ether oxygens (including phenoxy) is 1. The fourth-order valence-corrected chi connectivity index (χ4v) is 3.16. The molecule has 1 aromatic heterocycles. The van der Waals surface area contributed by atoms with Gasteiger partial charge in [0, 0.05) is 30.1 Å². The van der Waals surface area contributed by atoms with Gasteiger partial charge in [0.2, 0.25) is 0 Å². The predicted octanol–water partition coefficient (Wildman–Crippen LogP) is 3.39. The number of aromatic nitrogens is 2. The summed E-state index contributed by atoms with van der Waals surface area (Å²) in [6.45, 7) is 7.21. The number of rotatable bonds is 6. The van der Waals surface area contributed by atoms with E-state index >= 15 is 0 Å². The summed E-state index contributed by atoms with van der Waals surface area (Å²) in [5, 5.41) is 9.20. The minimum Gasteiger partial charge on any atom is -0.497 e. The molecule has 0 amide bonds. The molecule has 0 saturated carbocycles. The van der Waals surface area contributed by atoms with Crippen molar-refractivity contribution >= 4 is 11.8 Å². The molecule has 0 atom stereocenters. The molecule has 0 aliphatic heterocycles. The lowest BCUT2D eigenvalue weighted by molar-refractivity contribution is 0.413. The quantitative estimate of drug-likeness (QED) is 0.888. The highest BCUT2D eigenvalue weighted by atomic mass is 32.2. The highest BCUT2D eigenvalue weighted by Crippen LogP contribution is 2.33. The lowest BCUT2D eigenvalue weighted by Crippen LogP contribution is -2.22. The number of methoxy groups -OCH3 is 1. The molecule has 1 heterocycles. The van der Waals surface area contributed by atoms with Gasteiger partial charge in [-0.2, -0.15) is 5.10 Å². The normalized spacial score (nSPS) is 11.1. The summed E-state index contributed by atoms with van der Waals surface area (Å²) in [4.78, 5) is 1.16. The van der Waals surface area contributed by atoms with Gasteiger partial charge in [0.1, 0.15) is 10.8 Å². The lowest BCUT2D eigenvalue weighted by Gasteiger charge is -2.10. The standard InChI is InChI=1S/C16H23N3OS/c1-11(2)17-10-15-12(3)18-19(4)16(15)21-14-8-6-7-13(9-14)20-5/h6-9,11,17H,10H2,1-5H3. The third kappa shape index (κ3) is 4.02. The molecule has 0 radical (unpaired) electrons. The first kappa shape index (κ1) is 15.9. The number of benzene rings is 1. The molecule has 114 valence electrons. The maximum Gasteiger partial charge on any atom is 0.119 e. The Balaban J connectivity index is 2.25. The van der Waals surface area contributed by atoms with Crippen LogP contribution in [0.5, 0.6) is 5.75 Å². The number of hydrogen-bond donors (Lipinski definition) is 1. The molecule has 0 unspecified atom stereocenters. The highest BCUT2D eigenvalue weighted by Gasteiger charge is 2.15. The predicted molar refractivity (Wildman–Crippen MR) is 87.0 cm³/mol. The third-order valence-electron chi connectivity index (χ3n) is 3.23. The minimum absolute atomic E-state index is 0.458. The van der Waals surface area contributed by atoms with Crippen LogP contribution in [0.15, 0.2) is 34.2 Å². The van der Waals surface area contributed by atoms with E-state index in [4.69, 9.17) is 4.74 Å². The fourth-order valence-electron chi connectivity index (χ4n) is 2.09. The van der Waals surface area contributed by atoms with Gasteiger partial charge in [0.25, 0.3) is 0 Å². The number of aryl methyl sites for hydroxylation is 2. The van der Waals surface area contributed by atoms with Crippen molar-refractivity contribution in [2.45, 2.75) is 43.3 Å². The van der Waals surface area contributed by atoms with E-state index in [2.05, 4.69) is 37.3 Å². The van der Waals surface area contributed by atoms with E-state index in [-0.39, 0.29) is 0 Å². The molecule has 0 spiro atoms. The number of nitrogens with one attached hydrogen (secondary N) is 1. The van der Waals surface area contributed by atoms with Crippen LogP contribution in [0.4, 0.5) is 0 Å². The molecule has 0 fully saturated rings. The van der Waals surface area contributed by atoms with Gasteiger partial charge < -0.3 is 10.1 Å². The molecule has 5 heteroatoms. The maximum atomic E-state index is 5.29. The number of nitrogens with zero attached hydrogens (tertiary/aromatic N) is 2. The summed E-state index contributed by atoms with van der Waals surface area (Å²) in [7, 11) is 3.68. The maximum absolute atomic E-state index is 5.29. The molecule has 0 aliphatic carbocycles. The van der Waals surface area contributed by atoms with E-state index in [0.29, 0.717) is 6.04 Å². The second-order valence-electron chi connectivity index (χ2n) is 5.31. The summed E-state index contributed by atoms with van der Waals surface area (Å²) < 4.78 is 7.24. The van der Waals surface area contributed by atoms with Gasteiger partial charge in [-0.25, -0.2) is 0 Å². The van der Waals surface area contributed by atoms with Gasteiger partial charge in [-0.15, -0.1) is 0 Å². The summed E-state index contributed by atoms with van der Waals surface area (Å²) in [6, 6.07) is 8.57. The van der Waals surface area contributed by atoms with Gasteiger partial charge in [0.05, 0.1) is 12.8 Å². The molecular weight excluding hydrogens is 282 g/mol. The van der Waals surface area contributed by atoms with Crippen molar-refractivity contribution in [3.63, 3.8) is 0 Å². The average molecular weight is 305 g/mol. The second-order valence-corrected chi connectivity index (χ2v) is 6.37. The zero-order chi connectivity index (χ0) is 15.4. The summed E-state index contributed by atoms with van der Waals surface area (Å²) in [6.07, 6.45) is 0. The molecule has 1 N–H and O–H groups in total. The van der Waals surface area contributed by atoms with Gasteiger partial charge in [-0.1, -0.05) is 31.7 Å². The first-order chi connectivity index (χ1) is 10.0. The molecule has 1 aromatic carbocycles. The average Bonchev–Trinajstić information content (AvgIpc) is 2.71. The molecule has 21 heavy (non-hydrogen) atoms. The lowest BCUT2D eigenvalue weighted by atomic mass is 10.2. The first-order valence-corrected chi connectivity index (χ1v) is 7.90. The van der Waals surface area contributed by atoms with E-state index in [0.717, 1.165) is 22.9 Å². The van der Waals surface area contributed by atoms with Crippen LogP contribution in [-0.4, -0.2) is 22.9 Å². The Morgan fingerprint density at radius 2 is 2.14 bits per heavy atom. The number of hydrogen-bond acceptors (Lipinski definition) is 4. The van der Waals surface area contributed by atoms with E-state index in [1.165, 1.54) is 10.6 Å². The van der Waals surface area contributed by atoms with Crippen molar-refractivity contribution < 1.29 is 4.74 Å². The Hall–Kier alpha value is -1.46. The summed E-state index contributed by atoms with van der Waals surface area (Å²) in [5.41, 5.74) is 2.34. The van der Waals surface area contributed by atoms with Crippen LogP contribution in [0.2, 0.25) is 0 Å². The Bertz CT molecular complexity index is 608. The van der Waals surface area contributed by atoms with Gasteiger partial charge in [0.15, 0.2) is 0 Å². The smallest absolute Gasteiger partial charge is 0.119 e. The monoisotopic (exact) mass is 305 g/mol. The van der Waals surface area contributed by atoms with E-state index in [9.17, 15) is 0 Å². The van der Waals surface area contributed by atoms with Gasteiger partial charge in [-0.05, 0) is 25.1 Å². The van der Waals surface area contributed by atoms with Crippen molar-refractivity contribution in [2.24, 2.45) is 7.05 Å². The first-order valence-electron chi connectivity index (χ1n) is 7.09. The SMILES string of the molecule is COc1cccc(Sc2c(CNC(C)C)c(C)nn2C)c1. The molecule has 2 rings (SSSR count). The van der Waals surface area contributed by atoms with Crippen LogP contribution < -0.4 is 10.1 Å². The second kappa shape index (κ2) is 7.00. The van der Waals surface area contributed by atoms with Crippen LogP contribution in [0, 0.1) is 6.92 Å². The van der Waals surface area contributed by atoms with E-state index < -0.39 is 0 Å². The van der Waals surface area contributed by atoms with Crippen LogP contribution in [0.25, 0.3) is 0 Å². The highest BCUT2D eigenvalue weighted by molar-refractivity contribution is 7.99. The van der Waals surface area contributed by atoms with Gasteiger partial charge in [-0.3, -0.25) is 4.68 Å². The fraction of sp³-hybridized carbons (Fsp3) is 0.438. The summed E-state index contributed by atoms with van der Waals surface area (Å²) >= 11 is 1.72. The Morgan fingerprint density at radius 1 is 1.38 bits per heavy atom.